The maximum absolute atomic E-state index is 10.1. The predicted octanol–water partition coefficient (Wildman–Crippen LogP) is -0.876. The van der Waals surface area contributed by atoms with Crippen LogP contribution in [0.25, 0.3) is 0 Å². The van der Waals surface area contributed by atoms with E-state index in [2.05, 4.69) is 33.9 Å². The molecule has 0 rings (SSSR count). The lowest BCUT2D eigenvalue weighted by Crippen LogP contribution is -2.04. The Morgan fingerprint density at radius 1 is 0.625 bits per heavy atom. The van der Waals surface area contributed by atoms with Gasteiger partial charge in [0.2, 0.25) is 0 Å². The van der Waals surface area contributed by atoms with Crippen molar-refractivity contribution in [1.82, 2.24) is 0 Å². The van der Waals surface area contributed by atoms with E-state index in [1.807, 2.05) is 0 Å². The fourth-order valence-corrected chi connectivity index (χ4v) is 0.615. The van der Waals surface area contributed by atoms with Gasteiger partial charge < -0.3 is 29.5 Å². The highest BCUT2D eigenvalue weighted by Crippen LogP contribution is 1.76. The Labute approximate surface area is 140 Å². The third kappa shape index (κ3) is 27.8. The number of esters is 3. The highest BCUT2D eigenvalue weighted by Gasteiger charge is 1.91. The SMILES string of the molecule is C=CC(=O)OCCO.C=CC(=O)OCCO.C=CC(=O)OCCO. The zero-order chi connectivity index (χ0) is 19.2. The van der Waals surface area contributed by atoms with Gasteiger partial charge in [0.05, 0.1) is 19.8 Å². The maximum atomic E-state index is 10.1. The highest BCUT2D eigenvalue weighted by atomic mass is 16.5. The van der Waals surface area contributed by atoms with Gasteiger partial charge in [0.1, 0.15) is 19.8 Å². The molecule has 0 aliphatic heterocycles. The minimum atomic E-state index is -0.501. The molecule has 0 fully saturated rings. The number of rotatable bonds is 9. The van der Waals surface area contributed by atoms with Crippen LogP contribution in [0.2, 0.25) is 0 Å². The molecule has 0 bridgehead atoms. The molecule has 0 aromatic rings. The molecule has 0 spiro atoms. The van der Waals surface area contributed by atoms with Crippen LogP contribution in [0.1, 0.15) is 0 Å². The van der Waals surface area contributed by atoms with E-state index in [0.29, 0.717) is 0 Å². The van der Waals surface area contributed by atoms with Crippen LogP contribution in [0.3, 0.4) is 0 Å². The van der Waals surface area contributed by atoms with E-state index in [1.54, 1.807) is 0 Å². The van der Waals surface area contributed by atoms with Crippen LogP contribution >= 0.6 is 0 Å². The summed E-state index contributed by atoms with van der Waals surface area (Å²) in [5.74, 6) is -1.50. The number of hydrogen-bond donors (Lipinski definition) is 3. The van der Waals surface area contributed by atoms with Gasteiger partial charge in [0.25, 0.3) is 0 Å². The Kier molecular flexibility index (Phi) is 25.1. The summed E-state index contributed by atoms with van der Waals surface area (Å²) in [6.07, 6.45) is 3.15. The van der Waals surface area contributed by atoms with E-state index in [1.165, 1.54) is 0 Å². The maximum Gasteiger partial charge on any atom is 0.330 e. The molecule has 0 aromatic heterocycles. The number of carbonyl (C=O) groups is 3. The van der Waals surface area contributed by atoms with Crippen molar-refractivity contribution < 1.29 is 43.9 Å². The lowest BCUT2D eigenvalue weighted by Gasteiger charge is -1.94. The summed E-state index contributed by atoms with van der Waals surface area (Å²) in [4.78, 5) is 30.4. The Bertz CT molecular complexity index is 320. The number of hydrogen-bond acceptors (Lipinski definition) is 9. The summed E-state index contributed by atoms with van der Waals surface area (Å²) < 4.78 is 13.0. The molecule has 24 heavy (non-hydrogen) atoms. The standard InChI is InChI=1S/3C5H8O3/c3*1-2-5(7)8-4-3-6/h3*2,6H,1,3-4H2. The molecule has 0 aliphatic carbocycles. The van der Waals surface area contributed by atoms with Crippen molar-refractivity contribution in [3.8, 4) is 0 Å². The molecule has 9 heteroatoms. The van der Waals surface area contributed by atoms with Crippen molar-refractivity contribution in [2.45, 2.75) is 0 Å². The highest BCUT2D eigenvalue weighted by molar-refractivity contribution is 5.81. The first-order valence-corrected chi connectivity index (χ1v) is 6.63. The monoisotopic (exact) mass is 348 g/mol. The predicted molar refractivity (Wildman–Crippen MR) is 84.7 cm³/mol. The Morgan fingerprint density at radius 2 is 0.833 bits per heavy atom. The summed E-state index contributed by atoms with van der Waals surface area (Å²) in [5.41, 5.74) is 0. The topological polar surface area (TPSA) is 140 Å². The fourth-order valence-electron chi connectivity index (χ4n) is 0.615. The number of aliphatic hydroxyl groups excluding tert-OH is 3. The minimum absolute atomic E-state index is 0.0465. The summed E-state index contributed by atoms with van der Waals surface area (Å²) in [7, 11) is 0. The van der Waals surface area contributed by atoms with Crippen LogP contribution < -0.4 is 0 Å². The zero-order valence-corrected chi connectivity index (χ0v) is 13.4. The largest absolute Gasteiger partial charge is 0.460 e. The number of ether oxygens (including phenoxy) is 3. The van der Waals surface area contributed by atoms with Gasteiger partial charge in [0, 0.05) is 18.2 Å². The quantitative estimate of drug-likeness (QED) is 0.275. The smallest absolute Gasteiger partial charge is 0.330 e. The first-order chi connectivity index (χ1) is 11.4. The number of aliphatic hydroxyl groups is 3. The molecular formula is C15H24O9. The molecular weight excluding hydrogens is 324 g/mol. The normalized spacial score (nSPS) is 8.12. The average molecular weight is 348 g/mol. The van der Waals surface area contributed by atoms with Crippen LogP contribution in [-0.4, -0.2) is 72.9 Å². The van der Waals surface area contributed by atoms with Crippen LogP contribution in [0.15, 0.2) is 38.0 Å². The summed E-state index contributed by atoms with van der Waals surface area (Å²) in [6.45, 7) is 9.19. The average Bonchev–Trinajstić information content (AvgIpc) is 2.62. The summed E-state index contributed by atoms with van der Waals surface area (Å²) in [5, 5.41) is 24.3. The van der Waals surface area contributed by atoms with Gasteiger partial charge in [-0.15, -0.1) is 0 Å². The van der Waals surface area contributed by atoms with E-state index < -0.39 is 17.9 Å². The van der Waals surface area contributed by atoms with Gasteiger partial charge >= 0.3 is 17.9 Å². The molecule has 0 saturated carbocycles. The molecule has 3 N–H and O–H groups in total. The van der Waals surface area contributed by atoms with Gasteiger partial charge in [0.15, 0.2) is 0 Å². The Balaban J connectivity index is -0.000000276. The van der Waals surface area contributed by atoms with Gasteiger partial charge in [-0.25, -0.2) is 14.4 Å². The van der Waals surface area contributed by atoms with Crippen LogP contribution in [0.4, 0.5) is 0 Å². The molecule has 9 nitrogen and oxygen atoms in total. The second-order valence-corrected chi connectivity index (χ2v) is 3.29. The first kappa shape index (κ1) is 26.4. The molecule has 0 amide bonds. The van der Waals surface area contributed by atoms with Gasteiger partial charge in [-0.2, -0.15) is 0 Å². The van der Waals surface area contributed by atoms with E-state index in [9.17, 15) is 14.4 Å². The fraction of sp³-hybridized carbons (Fsp3) is 0.400. The lowest BCUT2D eigenvalue weighted by atomic mass is 10.6. The third-order valence-electron chi connectivity index (χ3n) is 1.51. The van der Waals surface area contributed by atoms with Gasteiger partial charge in [-0.05, 0) is 0 Å². The van der Waals surface area contributed by atoms with E-state index in [-0.39, 0.29) is 39.6 Å². The molecule has 0 unspecified atom stereocenters. The van der Waals surface area contributed by atoms with Crippen LogP contribution in [0, 0.1) is 0 Å². The van der Waals surface area contributed by atoms with Crippen molar-refractivity contribution in [2.75, 3.05) is 39.6 Å². The Morgan fingerprint density at radius 3 is 0.958 bits per heavy atom. The van der Waals surface area contributed by atoms with Gasteiger partial charge in [-0.1, -0.05) is 19.7 Å². The first-order valence-electron chi connectivity index (χ1n) is 6.63. The third-order valence-corrected chi connectivity index (χ3v) is 1.51. The van der Waals surface area contributed by atoms with Crippen LogP contribution in [-0.2, 0) is 28.6 Å². The lowest BCUT2D eigenvalue weighted by molar-refractivity contribution is -0.139. The van der Waals surface area contributed by atoms with Crippen molar-refractivity contribution in [3.63, 3.8) is 0 Å². The zero-order valence-electron chi connectivity index (χ0n) is 13.4. The van der Waals surface area contributed by atoms with Crippen molar-refractivity contribution >= 4 is 17.9 Å². The molecule has 0 radical (unpaired) electrons. The molecule has 0 atom stereocenters. The minimum Gasteiger partial charge on any atom is -0.460 e. The molecule has 0 aromatic carbocycles. The van der Waals surface area contributed by atoms with E-state index in [4.69, 9.17) is 15.3 Å². The van der Waals surface area contributed by atoms with Crippen molar-refractivity contribution in [3.05, 3.63) is 38.0 Å². The van der Waals surface area contributed by atoms with Crippen LogP contribution in [0.5, 0.6) is 0 Å². The second-order valence-electron chi connectivity index (χ2n) is 3.29. The molecule has 0 aliphatic rings. The summed E-state index contributed by atoms with van der Waals surface area (Å²) >= 11 is 0. The van der Waals surface area contributed by atoms with E-state index >= 15 is 0 Å². The molecule has 0 heterocycles. The molecule has 0 saturated heterocycles. The van der Waals surface area contributed by atoms with Gasteiger partial charge in [-0.3, -0.25) is 0 Å². The van der Waals surface area contributed by atoms with Crippen molar-refractivity contribution in [1.29, 1.82) is 0 Å². The Hall–Kier alpha value is -2.49. The summed E-state index contributed by atoms with van der Waals surface area (Å²) in [6, 6.07) is 0. The second kappa shape index (κ2) is 22.8. The van der Waals surface area contributed by atoms with E-state index in [0.717, 1.165) is 18.2 Å². The molecule has 138 valence electrons. The number of carbonyl (C=O) groups excluding carboxylic acids is 3. The van der Waals surface area contributed by atoms with Crippen molar-refractivity contribution in [2.24, 2.45) is 0 Å².